The summed E-state index contributed by atoms with van der Waals surface area (Å²) >= 11 is 0. The van der Waals surface area contributed by atoms with Gasteiger partial charge in [0.1, 0.15) is 0 Å². The van der Waals surface area contributed by atoms with Crippen LogP contribution < -0.4 is 0 Å². The van der Waals surface area contributed by atoms with Crippen molar-refractivity contribution in [2.24, 2.45) is 5.92 Å². The predicted molar refractivity (Wildman–Crippen MR) is 66.4 cm³/mol. The van der Waals surface area contributed by atoms with Gasteiger partial charge in [-0.2, -0.15) is 0 Å². The Morgan fingerprint density at radius 3 is 1.88 bits per heavy atom. The lowest BCUT2D eigenvalue weighted by Gasteiger charge is -2.55. The monoisotopic (exact) mass is 229 g/mol. The number of β-amino-alcohol motifs (C(OH)–C–C–N with tert-alkyl or cyclic N) is 1. The molecule has 0 bridgehead atoms. The fraction of sp³-hybridized carbons (Fsp3) is 1.00. The molecule has 0 aromatic heterocycles. The van der Waals surface area contributed by atoms with Crippen LogP contribution in [0, 0.1) is 5.92 Å². The highest BCUT2D eigenvalue weighted by Crippen LogP contribution is 2.42. The summed E-state index contributed by atoms with van der Waals surface area (Å²) in [6, 6.07) is 0. The van der Waals surface area contributed by atoms with Gasteiger partial charge in [0.25, 0.3) is 0 Å². The van der Waals surface area contributed by atoms with Crippen LogP contribution in [0.2, 0.25) is 0 Å². The summed E-state index contributed by atoms with van der Waals surface area (Å²) in [6.45, 7) is 10.2. The Hall–Kier alpha value is -0.120. The van der Waals surface area contributed by atoms with E-state index in [4.69, 9.17) is 5.11 Å². The first-order valence-electron chi connectivity index (χ1n) is 6.33. The van der Waals surface area contributed by atoms with Crippen molar-refractivity contribution in [1.29, 1.82) is 0 Å². The maximum absolute atomic E-state index is 9.17. The third-order valence-corrected chi connectivity index (χ3v) is 3.90. The van der Waals surface area contributed by atoms with Crippen LogP contribution >= 0.6 is 0 Å². The Morgan fingerprint density at radius 1 is 1.00 bits per heavy atom. The molecule has 0 aromatic carbocycles. The highest BCUT2D eigenvalue weighted by atomic mass is 16.3. The first-order valence-corrected chi connectivity index (χ1v) is 6.33. The lowest BCUT2D eigenvalue weighted by molar-refractivity contribution is -0.0624. The van der Waals surface area contributed by atoms with Crippen molar-refractivity contribution >= 4 is 0 Å². The molecule has 2 N–H and O–H groups in total. The predicted octanol–water partition coefficient (Wildman–Crippen LogP) is 1.63. The summed E-state index contributed by atoms with van der Waals surface area (Å²) in [5.41, 5.74) is 0.231. The van der Waals surface area contributed by atoms with E-state index in [-0.39, 0.29) is 24.3 Å². The van der Waals surface area contributed by atoms with E-state index >= 15 is 0 Å². The van der Waals surface area contributed by atoms with Gasteiger partial charge in [-0.25, -0.2) is 0 Å². The smallest absolute Gasteiger partial charge is 0.0558 e. The van der Waals surface area contributed by atoms with Gasteiger partial charge >= 0.3 is 0 Å². The van der Waals surface area contributed by atoms with E-state index < -0.39 is 0 Å². The number of rotatable bonds is 4. The molecule has 3 heteroatoms. The second kappa shape index (κ2) is 5.03. The van der Waals surface area contributed by atoms with E-state index in [1.165, 1.54) is 0 Å². The van der Waals surface area contributed by atoms with Crippen molar-refractivity contribution in [2.45, 2.75) is 58.0 Å². The minimum Gasteiger partial charge on any atom is -0.396 e. The molecule has 16 heavy (non-hydrogen) atoms. The van der Waals surface area contributed by atoms with E-state index in [0.29, 0.717) is 5.92 Å². The molecule has 0 aromatic rings. The van der Waals surface area contributed by atoms with Crippen molar-refractivity contribution < 1.29 is 10.2 Å². The maximum Gasteiger partial charge on any atom is 0.0558 e. The fourth-order valence-corrected chi connectivity index (χ4v) is 3.62. The van der Waals surface area contributed by atoms with Crippen LogP contribution in [0.1, 0.15) is 47.0 Å². The molecule has 0 spiro atoms. The van der Waals surface area contributed by atoms with Crippen LogP contribution in [0.4, 0.5) is 0 Å². The molecule has 1 aliphatic heterocycles. The van der Waals surface area contributed by atoms with Gasteiger partial charge in [-0.15, -0.1) is 0 Å². The van der Waals surface area contributed by atoms with Gasteiger partial charge in [-0.3, -0.25) is 4.90 Å². The zero-order valence-electron chi connectivity index (χ0n) is 11.2. The van der Waals surface area contributed by atoms with Crippen LogP contribution in [-0.4, -0.2) is 45.9 Å². The zero-order valence-corrected chi connectivity index (χ0v) is 11.2. The molecule has 1 fully saturated rings. The van der Waals surface area contributed by atoms with Gasteiger partial charge in [0.15, 0.2) is 0 Å². The summed E-state index contributed by atoms with van der Waals surface area (Å²) in [5.74, 6) is 0.602. The Labute approximate surface area is 99.5 Å². The topological polar surface area (TPSA) is 43.7 Å². The highest BCUT2D eigenvalue weighted by molar-refractivity contribution is 4.99. The average Bonchev–Trinajstić information content (AvgIpc) is 2.10. The summed E-state index contributed by atoms with van der Waals surface area (Å²) in [5, 5.41) is 18.2. The molecule has 0 atom stereocenters. The lowest BCUT2D eigenvalue weighted by Crippen LogP contribution is -2.61. The van der Waals surface area contributed by atoms with Crippen molar-refractivity contribution in [3.63, 3.8) is 0 Å². The number of hydrogen-bond donors (Lipinski definition) is 2. The molecule has 0 unspecified atom stereocenters. The summed E-state index contributed by atoms with van der Waals surface area (Å²) in [4.78, 5) is 2.41. The zero-order chi connectivity index (χ0) is 12.4. The van der Waals surface area contributed by atoms with Crippen LogP contribution in [0.15, 0.2) is 0 Å². The molecule has 1 saturated heterocycles. The number of hydrogen-bond acceptors (Lipinski definition) is 3. The normalized spacial score (nSPS) is 25.9. The average molecular weight is 229 g/mol. The van der Waals surface area contributed by atoms with E-state index in [9.17, 15) is 5.11 Å². The lowest BCUT2D eigenvalue weighted by atomic mass is 9.72. The fourth-order valence-electron chi connectivity index (χ4n) is 3.62. The number of likely N-dealkylation sites (tertiary alicyclic amines) is 1. The minimum absolute atomic E-state index is 0.115. The largest absolute Gasteiger partial charge is 0.396 e. The quantitative estimate of drug-likeness (QED) is 0.770. The number of piperidine rings is 1. The molecule has 0 amide bonds. The Bertz CT molecular complexity index is 208. The molecule has 3 nitrogen and oxygen atoms in total. The first-order chi connectivity index (χ1) is 7.33. The molecule has 1 rings (SSSR count). The molecule has 1 aliphatic rings. The SMILES string of the molecule is CC1(C)CC(CCO)CC(C)(C)N1CCO. The Balaban J connectivity index is 2.80. The first kappa shape index (κ1) is 13.9. The van der Waals surface area contributed by atoms with Crippen LogP contribution in [0.5, 0.6) is 0 Å². The van der Waals surface area contributed by atoms with Crippen molar-refractivity contribution in [3.05, 3.63) is 0 Å². The van der Waals surface area contributed by atoms with E-state index in [0.717, 1.165) is 25.8 Å². The van der Waals surface area contributed by atoms with Crippen molar-refractivity contribution in [1.82, 2.24) is 4.90 Å². The molecule has 96 valence electrons. The molecule has 1 heterocycles. The van der Waals surface area contributed by atoms with Gasteiger partial charge < -0.3 is 10.2 Å². The van der Waals surface area contributed by atoms with E-state index in [1.807, 2.05) is 0 Å². The van der Waals surface area contributed by atoms with Gasteiger partial charge in [-0.05, 0) is 52.9 Å². The van der Waals surface area contributed by atoms with Crippen molar-refractivity contribution in [3.8, 4) is 0 Å². The number of nitrogens with zero attached hydrogens (tertiary/aromatic N) is 1. The van der Waals surface area contributed by atoms with Crippen LogP contribution in [0.25, 0.3) is 0 Å². The third kappa shape index (κ3) is 2.96. The van der Waals surface area contributed by atoms with Gasteiger partial charge in [0.05, 0.1) is 6.61 Å². The number of aliphatic hydroxyl groups is 2. The standard InChI is InChI=1S/C13H27NO2/c1-12(2)9-11(5-7-15)10-13(3,4)14(12)6-8-16/h11,15-16H,5-10H2,1-4H3. The van der Waals surface area contributed by atoms with Crippen molar-refractivity contribution in [2.75, 3.05) is 19.8 Å². The summed E-state index contributed by atoms with van der Waals surface area (Å²) in [6.07, 6.45) is 3.12. The third-order valence-electron chi connectivity index (χ3n) is 3.90. The molecular weight excluding hydrogens is 202 g/mol. The van der Waals surface area contributed by atoms with Crippen LogP contribution in [-0.2, 0) is 0 Å². The maximum atomic E-state index is 9.17. The van der Waals surface area contributed by atoms with Crippen LogP contribution in [0.3, 0.4) is 0 Å². The van der Waals surface area contributed by atoms with E-state index in [2.05, 4.69) is 32.6 Å². The molecule has 0 radical (unpaired) electrons. The minimum atomic E-state index is 0.115. The Morgan fingerprint density at radius 2 is 1.50 bits per heavy atom. The van der Waals surface area contributed by atoms with E-state index in [1.54, 1.807) is 0 Å². The Kier molecular flexibility index (Phi) is 4.38. The van der Waals surface area contributed by atoms with Gasteiger partial charge in [0, 0.05) is 24.2 Å². The highest BCUT2D eigenvalue weighted by Gasteiger charge is 2.44. The number of aliphatic hydroxyl groups excluding tert-OH is 2. The second-order valence-electron chi connectivity index (χ2n) is 6.29. The van der Waals surface area contributed by atoms with Gasteiger partial charge in [-0.1, -0.05) is 0 Å². The van der Waals surface area contributed by atoms with Gasteiger partial charge in [0.2, 0.25) is 0 Å². The summed E-state index contributed by atoms with van der Waals surface area (Å²) < 4.78 is 0. The molecule has 0 saturated carbocycles. The summed E-state index contributed by atoms with van der Waals surface area (Å²) in [7, 11) is 0. The second-order valence-corrected chi connectivity index (χ2v) is 6.29. The molecular formula is C13H27NO2. The molecule has 0 aliphatic carbocycles.